The van der Waals surface area contributed by atoms with Gasteiger partial charge in [0, 0.05) is 25.0 Å². The predicted molar refractivity (Wildman–Crippen MR) is 86.6 cm³/mol. The summed E-state index contributed by atoms with van der Waals surface area (Å²) in [6.45, 7) is 7.80. The van der Waals surface area contributed by atoms with Crippen molar-refractivity contribution in [1.82, 2.24) is 14.5 Å². The number of hydrogen-bond donors (Lipinski definition) is 1. The average Bonchev–Trinajstić information content (AvgIpc) is 2.85. The molecule has 2 rings (SSSR count). The normalized spacial score (nSPS) is 12.8. The Kier molecular flexibility index (Phi) is 5.39. The molecule has 1 aromatic carbocycles. The molecule has 4 heteroatoms. The van der Waals surface area contributed by atoms with E-state index in [0.29, 0.717) is 6.54 Å². The summed E-state index contributed by atoms with van der Waals surface area (Å²) >= 11 is 0. The largest absolute Gasteiger partial charge is 0.328 e. The number of rotatable bonds is 7. The molecule has 1 heterocycles. The van der Waals surface area contributed by atoms with Gasteiger partial charge in [-0.25, -0.2) is 4.79 Å². The molecule has 1 atom stereocenters. The van der Waals surface area contributed by atoms with E-state index < -0.39 is 0 Å². The van der Waals surface area contributed by atoms with Gasteiger partial charge in [-0.1, -0.05) is 37.3 Å². The Labute approximate surface area is 126 Å². The second kappa shape index (κ2) is 7.27. The first-order chi connectivity index (χ1) is 10.1. The van der Waals surface area contributed by atoms with Crippen LogP contribution in [-0.2, 0) is 6.54 Å². The van der Waals surface area contributed by atoms with Crippen molar-refractivity contribution in [2.75, 3.05) is 6.54 Å². The summed E-state index contributed by atoms with van der Waals surface area (Å²) in [5.41, 5.74) is 1.28. The molecule has 0 aliphatic carbocycles. The average molecular weight is 287 g/mol. The fraction of sp³-hybridized carbons (Fsp3) is 0.471. The van der Waals surface area contributed by atoms with E-state index in [4.69, 9.17) is 0 Å². The maximum absolute atomic E-state index is 12.3. The van der Waals surface area contributed by atoms with Crippen LogP contribution >= 0.6 is 0 Å². The minimum absolute atomic E-state index is 0.0595. The molecule has 0 bridgehead atoms. The minimum Gasteiger partial charge on any atom is -0.308 e. The van der Waals surface area contributed by atoms with Crippen LogP contribution in [0.3, 0.4) is 0 Å². The molecule has 2 aromatic rings. The first-order valence-corrected chi connectivity index (χ1v) is 7.69. The Balaban J connectivity index is 2.21. The fourth-order valence-corrected chi connectivity index (χ4v) is 2.45. The number of nitrogens with one attached hydrogen (secondary N) is 1. The molecule has 4 nitrogen and oxygen atoms in total. The van der Waals surface area contributed by atoms with Gasteiger partial charge in [-0.05, 0) is 32.4 Å². The summed E-state index contributed by atoms with van der Waals surface area (Å²) in [5, 5.41) is 3.53. The standard InChI is InChI=1S/C17H25N3O/c1-4-10-18-16(15-8-6-5-7-9-15)13-19-11-12-20(14(2)3)17(19)21/h5-9,11-12,14,16,18H,4,10,13H2,1-3H3. The highest BCUT2D eigenvalue weighted by molar-refractivity contribution is 5.18. The first kappa shape index (κ1) is 15.6. The molecule has 114 valence electrons. The van der Waals surface area contributed by atoms with Gasteiger partial charge in [0.05, 0.1) is 6.04 Å². The van der Waals surface area contributed by atoms with Crippen LogP contribution in [0.15, 0.2) is 47.5 Å². The van der Waals surface area contributed by atoms with E-state index in [1.165, 1.54) is 5.56 Å². The van der Waals surface area contributed by atoms with E-state index in [1.807, 2.05) is 44.4 Å². The third kappa shape index (κ3) is 3.85. The third-order valence-electron chi connectivity index (χ3n) is 3.65. The zero-order valence-electron chi connectivity index (χ0n) is 13.1. The molecular weight excluding hydrogens is 262 g/mol. The Morgan fingerprint density at radius 2 is 1.86 bits per heavy atom. The quantitative estimate of drug-likeness (QED) is 0.850. The minimum atomic E-state index is 0.0595. The molecule has 0 saturated carbocycles. The lowest BCUT2D eigenvalue weighted by atomic mass is 10.1. The van der Waals surface area contributed by atoms with Crippen LogP contribution in [0.25, 0.3) is 0 Å². The number of benzene rings is 1. The summed E-state index contributed by atoms with van der Waals surface area (Å²) in [6.07, 6.45) is 4.83. The van der Waals surface area contributed by atoms with E-state index in [-0.39, 0.29) is 17.8 Å². The summed E-state index contributed by atoms with van der Waals surface area (Å²) in [4.78, 5) is 12.3. The van der Waals surface area contributed by atoms with E-state index in [2.05, 4.69) is 24.4 Å². The van der Waals surface area contributed by atoms with Crippen LogP contribution in [0.5, 0.6) is 0 Å². The van der Waals surface area contributed by atoms with Crippen LogP contribution in [0.2, 0.25) is 0 Å². The van der Waals surface area contributed by atoms with Gasteiger partial charge in [0.15, 0.2) is 0 Å². The second-order valence-corrected chi connectivity index (χ2v) is 5.65. The Hall–Kier alpha value is -1.81. The summed E-state index contributed by atoms with van der Waals surface area (Å²) in [6, 6.07) is 10.7. The van der Waals surface area contributed by atoms with E-state index in [9.17, 15) is 4.79 Å². The van der Waals surface area contributed by atoms with E-state index >= 15 is 0 Å². The van der Waals surface area contributed by atoms with Gasteiger partial charge in [-0.15, -0.1) is 0 Å². The summed E-state index contributed by atoms with van der Waals surface area (Å²) < 4.78 is 3.56. The molecular formula is C17H25N3O. The topological polar surface area (TPSA) is 39.0 Å². The maximum Gasteiger partial charge on any atom is 0.328 e. The third-order valence-corrected chi connectivity index (χ3v) is 3.65. The SMILES string of the molecule is CCCNC(Cn1ccn(C(C)C)c1=O)c1ccccc1. The van der Waals surface area contributed by atoms with Crippen molar-refractivity contribution in [1.29, 1.82) is 0 Å². The zero-order chi connectivity index (χ0) is 15.2. The van der Waals surface area contributed by atoms with Gasteiger partial charge in [-0.3, -0.25) is 9.13 Å². The second-order valence-electron chi connectivity index (χ2n) is 5.65. The number of hydrogen-bond acceptors (Lipinski definition) is 2. The highest BCUT2D eigenvalue weighted by Gasteiger charge is 2.14. The molecule has 0 amide bonds. The van der Waals surface area contributed by atoms with Gasteiger partial charge >= 0.3 is 5.69 Å². The molecule has 0 radical (unpaired) electrons. The van der Waals surface area contributed by atoms with E-state index in [0.717, 1.165) is 13.0 Å². The highest BCUT2D eigenvalue weighted by Crippen LogP contribution is 2.14. The smallest absolute Gasteiger partial charge is 0.308 e. The number of nitrogens with zero attached hydrogens (tertiary/aromatic N) is 2. The number of imidazole rings is 1. The Bertz CT molecular complexity index is 598. The molecule has 21 heavy (non-hydrogen) atoms. The van der Waals surface area contributed by atoms with Crippen LogP contribution < -0.4 is 11.0 Å². The number of aromatic nitrogens is 2. The van der Waals surface area contributed by atoms with Gasteiger partial charge in [0.1, 0.15) is 0 Å². The lowest BCUT2D eigenvalue weighted by molar-refractivity contribution is 0.447. The highest BCUT2D eigenvalue weighted by atomic mass is 16.1. The lowest BCUT2D eigenvalue weighted by Crippen LogP contribution is -2.32. The van der Waals surface area contributed by atoms with Gasteiger partial charge in [-0.2, -0.15) is 0 Å². The van der Waals surface area contributed by atoms with Crippen molar-refractivity contribution >= 4 is 0 Å². The van der Waals surface area contributed by atoms with Crippen molar-refractivity contribution in [2.45, 2.75) is 45.8 Å². The molecule has 0 spiro atoms. The summed E-state index contributed by atoms with van der Waals surface area (Å²) in [5.74, 6) is 0. The van der Waals surface area contributed by atoms with Crippen LogP contribution in [-0.4, -0.2) is 15.7 Å². The molecule has 0 aliphatic rings. The van der Waals surface area contributed by atoms with Gasteiger partial charge in [0.25, 0.3) is 0 Å². The monoisotopic (exact) mass is 287 g/mol. The molecule has 0 saturated heterocycles. The predicted octanol–water partition coefficient (Wildman–Crippen LogP) is 2.97. The Morgan fingerprint density at radius 3 is 2.43 bits per heavy atom. The fourth-order valence-electron chi connectivity index (χ4n) is 2.45. The van der Waals surface area contributed by atoms with Crippen molar-refractivity contribution in [2.24, 2.45) is 0 Å². The molecule has 1 aromatic heterocycles. The van der Waals surface area contributed by atoms with Crippen molar-refractivity contribution in [3.05, 3.63) is 58.8 Å². The molecule has 1 unspecified atom stereocenters. The van der Waals surface area contributed by atoms with Crippen molar-refractivity contribution in [3.8, 4) is 0 Å². The molecule has 1 N–H and O–H groups in total. The first-order valence-electron chi connectivity index (χ1n) is 7.69. The maximum atomic E-state index is 12.3. The van der Waals surface area contributed by atoms with Crippen molar-refractivity contribution < 1.29 is 0 Å². The van der Waals surface area contributed by atoms with Gasteiger partial charge in [0.2, 0.25) is 0 Å². The Morgan fingerprint density at radius 1 is 1.14 bits per heavy atom. The van der Waals surface area contributed by atoms with Gasteiger partial charge < -0.3 is 5.32 Å². The zero-order valence-corrected chi connectivity index (χ0v) is 13.1. The molecule has 0 fully saturated rings. The summed E-state index contributed by atoms with van der Waals surface area (Å²) in [7, 11) is 0. The van der Waals surface area contributed by atoms with Crippen LogP contribution in [0.4, 0.5) is 0 Å². The van der Waals surface area contributed by atoms with E-state index in [1.54, 1.807) is 9.13 Å². The molecule has 0 aliphatic heterocycles. The van der Waals surface area contributed by atoms with Crippen molar-refractivity contribution in [3.63, 3.8) is 0 Å². The van der Waals surface area contributed by atoms with Crippen LogP contribution in [0.1, 0.15) is 44.8 Å². The lowest BCUT2D eigenvalue weighted by Gasteiger charge is -2.19. The van der Waals surface area contributed by atoms with Crippen LogP contribution in [0, 0.1) is 0 Å².